The molecule has 160 valence electrons. The largest absolute Gasteiger partial charge is 0.573 e. The van der Waals surface area contributed by atoms with Crippen LogP contribution >= 0.6 is 0 Å². The Hall–Kier alpha value is -3.63. The molecule has 0 fully saturated rings. The Morgan fingerprint density at radius 1 is 0.733 bits per heavy atom. The van der Waals surface area contributed by atoms with Crippen molar-refractivity contribution in [3.63, 3.8) is 0 Å². The molecule has 0 saturated carbocycles. The lowest BCUT2D eigenvalue weighted by atomic mass is 10.1. The first-order chi connectivity index (χ1) is 13.8. The molecule has 0 aromatic heterocycles. The quantitative estimate of drug-likeness (QED) is 0.484. The van der Waals surface area contributed by atoms with Gasteiger partial charge < -0.3 is 19.7 Å². The third kappa shape index (κ3) is 7.41. The van der Waals surface area contributed by atoms with Gasteiger partial charge in [0.25, 0.3) is 0 Å². The van der Waals surface area contributed by atoms with Gasteiger partial charge >= 0.3 is 12.7 Å². The van der Waals surface area contributed by atoms with Gasteiger partial charge in [-0.05, 0) is 47.5 Å². The predicted molar refractivity (Wildman–Crippen MR) is 92.7 cm³/mol. The molecule has 2 rings (SSSR count). The second-order valence-corrected chi connectivity index (χ2v) is 5.62. The maximum Gasteiger partial charge on any atom is 0.573 e. The number of allylic oxidation sites excluding steroid dienone is 2. The van der Waals surface area contributed by atoms with Crippen LogP contribution in [0.2, 0.25) is 0 Å². The van der Waals surface area contributed by atoms with E-state index in [0.29, 0.717) is 0 Å². The van der Waals surface area contributed by atoms with Crippen molar-refractivity contribution in [3.8, 4) is 23.0 Å². The zero-order chi connectivity index (χ0) is 22.5. The Bertz CT molecular complexity index is 899. The third-order valence-electron chi connectivity index (χ3n) is 3.30. The number of phenolic OH excluding ortho intramolecular Hbond substituents is 2. The number of phenols is 2. The Labute approximate surface area is 165 Å². The molecular formula is C19H12F6O5. The highest BCUT2D eigenvalue weighted by Gasteiger charge is 2.33. The molecule has 0 aliphatic rings. The lowest BCUT2D eigenvalue weighted by Gasteiger charge is -2.10. The summed E-state index contributed by atoms with van der Waals surface area (Å²) in [5.41, 5.74) is 0.221. The molecule has 0 unspecified atom stereocenters. The molecular weight excluding hydrogens is 422 g/mol. The molecule has 0 bridgehead atoms. The van der Waals surface area contributed by atoms with Gasteiger partial charge in [0.1, 0.15) is 0 Å². The van der Waals surface area contributed by atoms with E-state index in [1.165, 1.54) is 12.1 Å². The Kier molecular flexibility index (Phi) is 6.65. The monoisotopic (exact) mass is 434 g/mol. The van der Waals surface area contributed by atoms with E-state index in [0.717, 1.165) is 48.6 Å². The predicted octanol–water partition coefficient (Wildman–Crippen LogP) is 5.19. The van der Waals surface area contributed by atoms with Crippen molar-refractivity contribution in [2.75, 3.05) is 0 Å². The summed E-state index contributed by atoms with van der Waals surface area (Å²) in [6, 6.07) is 6.06. The number of halogens is 6. The van der Waals surface area contributed by atoms with Gasteiger partial charge in [0, 0.05) is 0 Å². The first-order valence-electron chi connectivity index (χ1n) is 7.90. The molecule has 2 aromatic rings. The number of rotatable bonds is 6. The Morgan fingerprint density at radius 2 is 1.10 bits per heavy atom. The van der Waals surface area contributed by atoms with E-state index in [-0.39, 0.29) is 11.1 Å². The zero-order valence-corrected chi connectivity index (χ0v) is 14.7. The van der Waals surface area contributed by atoms with Crippen LogP contribution in [0.15, 0.2) is 48.6 Å². The van der Waals surface area contributed by atoms with E-state index in [1.54, 1.807) is 0 Å². The number of hydrogen-bond acceptors (Lipinski definition) is 5. The number of ketones is 1. The summed E-state index contributed by atoms with van der Waals surface area (Å²) in [6.45, 7) is 0. The lowest BCUT2D eigenvalue weighted by Crippen LogP contribution is -2.17. The van der Waals surface area contributed by atoms with E-state index in [4.69, 9.17) is 0 Å². The van der Waals surface area contributed by atoms with Crippen LogP contribution in [0.25, 0.3) is 12.2 Å². The van der Waals surface area contributed by atoms with Crippen LogP contribution in [0.4, 0.5) is 26.3 Å². The molecule has 2 aromatic carbocycles. The highest BCUT2D eigenvalue weighted by atomic mass is 19.4. The van der Waals surface area contributed by atoms with Crippen molar-refractivity contribution < 1.29 is 50.8 Å². The van der Waals surface area contributed by atoms with Crippen molar-refractivity contribution in [1.29, 1.82) is 0 Å². The summed E-state index contributed by atoms with van der Waals surface area (Å²) in [4.78, 5) is 11.9. The molecule has 0 atom stereocenters. The minimum atomic E-state index is -5.02. The maximum atomic E-state index is 12.3. The second kappa shape index (κ2) is 8.80. The van der Waals surface area contributed by atoms with Gasteiger partial charge in [0.15, 0.2) is 28.8 Å². The van der Waals surface area contributed by atoms with Crippen molar-refractivity contribution in [2.24, 2.45) is 0 Å². The fourth-order valence-electron chi connectivity index (χ4n) is 2.09. The lowest BCUT2D eigenvalue weighted by molar-refractivity contribution is -0.276. The second-order valence-electron chi connectivity index (χ2n) is 5.62. The number of carbonyl (C=O) groups is 1. The summed E-state index contributed by atoms with van der Waals surface area (Å²) < 4.78 is 80.9. The van der Waals surface area contributed by atoms with Crippen molar-refractivity contribution in [2.45, 2.75) is 12.7 Å². The molecule has 0 amide bonds. The number of alkyl halides is 6. The van der Waals surface area contributed by atoms with Crippen LogP contribution in [0.3, 0.4) is 0 Å². The number of benzene rings is 2. The summed E-state index contributed by atoms with van der Waals surface area (Å²) in [5.74, 6) is -3.85. The Morgan fingerprint density at radius 3 is 1.43 bits per heavy atom. The first kappa shape index (κ1) is 22.7. The minimum Gasteiger partial charge on any atom is -0.504 e. The van der Waals surface area contributed by atoms with Gasteiger partial charge in [-0.2, -0.15) is 0 Å². The number of ether oxygens (including phenoxy) is 2. The van der Waals surface area contributed by atoms with Crippen LogP contribution in [0, 0.1) is 0 Å². The fourth-order valence-corrected chi connectivity index (χ4v) is 2.09. The fraction of sp³-hybridized carbons (Fsp3) is 0.105. The first-order valence-corrected chi connectivity index (χ1v) is 7.90. The van der Waals surface area contributed by atoms with Crippen LogP contribution in [0.1, 0.15) is 11.1 Å². The SMILES string of the molecule is O=C(C=Cc1ccc(O)c(OC(F)(F)F)c1)C=Cc1ccc(O)c(OC(F)(F)F)c1. The van der Waals surface area contributed by atoms with Gasteiger partial charge in [-0.1, -0.05) is 24.3 Å². The van der Waals surface area contributed by atoms with Crippen LogP contribution in [-0.4, -0.2) is 28.7 Å². The molecule has 0 aliphatic carbocycles. The van der Waals surface area contributed by atoms with Gasteiger partial charge in [0.2, 0.25) is 0 Å². The highest BCUT2D eigenvalue weighted by Crippen LogP contribution is 2.33. The highest BCUT2D eigenvalue weighted by molar-refractivity contribution is 6.04. The summed E-state index contributed by atoms with van der Waals surface area (Å²) in [7, 11) is 0. The normalized spacial score (nSPS) is 12.5. The van der Waals surface area contributed by atoms with E-state index in [1.807, 2.05) is 0 Å². The average Bonchev–Trinajstić information content (AvgIpc) is 2.60. The molecule has 30 heavy (non-hydrogen) atoms. The molecule has 11 heteroatoms. The van der Waals surface area contributed by atoms with Crippen molar-refractivity contribution >= 4 is 17.9 Å². The van der Waals surface area contributed by atoms with Crippen molar-refractivity contribution in [3.05, 3.63) is 59.7 Å². The van der Waals surface area contributed by atoms with Gasteiger partial charge in [-0.25, -0.2) is 0 Å². The van der Waals surface area contributed by atoms with E-state index < -0.39 is 41.5 Å². The Balaban J connectivity index is 2.10. The van der Waals surface area contributed by atoms with Gasteiger partial charge in [-0.15, -0.1) is 26.3 Å². The van der Waals surface area contributed by atoms with E-state index in [9.17, 15) is 41.4 Å². The summed E-state index contributed by atoms with van der Waals surface area (Å²) in [5, 5.41) is 18.7. The molecule has 0 heterocycles. The molecule has 0 saturated heterocycles. The number of carbonyl (C=O) groups excluding carboxylic acids is 1. The number of aromatic hydroxyl groups is 2. The average molecular weight is 434 g/mol. The van der Waals surface area contributed by atoms with Crippen molar-refractivity contribution in [1.82, 2.24) is 0 Å². The van der Waals surface area contributed by atoms with Gasteiger partial charge in [0.05, 0.1) is 0 Å². The molecule has 5 nitrogen and oxygen atoms in total. The minimum absolute atomic E-state index is 0.110. The molecule has 0 aliphatic heterocycles. The van der Waals surface area contributed by atoms with Crippen LogP contribution < -0.4 is 9.47 Å². The summed E-state index contributed by atoms with van der Waals surface area (Å²) in [6.07, 6.45) is -5.79. The molecule has 0 radical (unpaired) electrons. The van der Waals surface area contributed by atoms with E-state index in [2.05, 4.69) is 9.47 Å². The topological polar surface area (TPSA) is 76.0 Å². The smallest absolute Gasteiger partial charge is 0.504 e. The third-order valence-corrected chi connectivity index (χ3v) is 3.30. The van der Waals surface area contributed by atoms with Crippen LogP contribution in [-0.2, 0) is 4.79 Å². The summed E-state index contributed by atoms with van der Waals surface area (Å²) >= 11 is 0. The standard InChI is InChI=1S/C19H12F6O5/c20-18(21,22)29-16-9-11(3-7-14(16)27)1-5-13(26)6-2-12-4-8-15(28)17(10-12)30-19(23,24)25/h1-10,27-28H. The number of hydrogen-bond donors (Lipinski definition) is 2. The molecule has 2 N–H and O–H groups in total. The van der Waals surface area contributed by atoms with Crippen LogP contribution in [0.5, 0.6) is 23.0 Å². The van der Waals surface area contributed by atoms with E-state index >= 15 is 0 Å². The van der Waals surface area contributed by atoms with Gasteiger partial charge in [-0.3, -0.25) is 4.79 Å². The maximum absolute atomic E-state index is 12.3. The zero-order valence-electron chi connectivity index (χ0n) is 14.7. The molecule has 0 spiro atoms.